The maximum absolute atomic E-state index is 12.5. The molecule has 0 aromatic heterocycles. The zero-order valence-electron chi connectivity index (χ0n) is 11.1. The molecular formula is C17H13F3O. The van der Waals surface area contributed by atoms with E-state index in [9.17, 15) is 18.0 Å². The van der Waals surface area contributed by atoms with Crippen molar-refractivity contribution in [3.8, 4) is 0 Å². The third-order valence-electron chi connectivity index (χ3n) is 3.85. The van der Waals surface area contributed by atoms with Gasteiger partial charge in [0.1, 0.15) is 0 Å². The summed E-state index contributed by atoms with van der Waals surface area (Å²) in [5, 5.41) is 0. The number of alkyl halides is 3. The first-order valence-electron chi connectivity index (χ1n) is 6.73. The monoisotopic (exact) mass is 290 g/mol. The Kier molecular flexibility index (Phi) is 3.32. The standard InChI is InChI=1S/C17H13F3O/c18-17(19,20)13-8-6-11(7-9-13)14-10-15(14)16(21)12-4-2-1-3-5-12/h1-9,14-15H,10H2/t14-,15+/m1/s1. The minimum absolute atomic E-state index is 0.0417. The molecule has 0 heterocycles. The lowest BCUT2D eigenvalue weighted by Gasteiger charge is -2.07. The van der Waals surface area contributed by atoms with Crippen molar-refractivity contribution in [2.75, 3.05) is 0 Å². The molecule has 0 aliphatic heterocycles. The number of Topliss-reactive ketones (excluding diaryl/α,β-unsaturated/α-hetero) is 1. The summed E-state index contributed by atoms with van der Waals surface area (Å²) >= 11 is 0. The van der Waals surface area contributed by atoms with E-state index in [1.54, 1.807) is 12.1 Å². The molecule has 1 saturated carbocycles. The predicted octanol–water partition coefficient (Wildman–Crippen LogP) is 4.69. The van der Waals surface area contributed by atoms with E-state index in [1.807, 2.05) is 18.2 Å². The fourth-order valence-corrected chi connectivity index (χ4v) is 2.59. The van der Waals surface area contributed by atoms with E-state index in [4.69, 9.17) is 0 Å². The van der Waals surface area contributed by atoms with E-state index < -0.39 is 11.7 Å². The molecule has 1 fully saturated rings. The van der Waals surface area contributed by atoms with Gasteiger partial charge in [0.15, 0.2) is 5.78 Å². The summed E-state index contributed by atoms with van der Waals surface area (Å²) in [5.41, 5.74) is 0.812. The first kappa shape index (κ1) is 13.9. The van der Waals surface area contributed by atoms with Crippen LogP contribution in [0.15, 0.2) is 54.6 Å². The van der Waals surface area contributed by atoms with Gasteiger partial charge in [0.05, 0.1) is 5.56 Å². The average Bonchev–Trinajstić information content (AvgIpc) is 3.27. The van der Waals surface area contributed by atoms with E-state index in [0.29, 0.717) is 12.0 Å². The molecule has 3 rings (SSSR count). The Morgan fingerprint density at radius 2 is 1.57 bits per heavy atom. The van der Waals surface area contributed by atoms with Crippen LogP contribution >= 0.6 is 0 Å². The zero-order valence-corrected chi connectivity index (χ0v) is 11.1. The number of hydrogen-bond acceptors (Lipinski definition) is 1. The molecule has 108 valence electrons. The van der Waals surface area contributed by atoms with Gasteiger partial charge >= 0.3 is 6.18 Å². The van der Waals surface area contributed by atoms with Crippen molar-refractivity contribution >= 4 is 5.78 Å². The highest BCUT2D eigenvalue weighted by atomic mass is 19.4. The SMILES string of the molecule is O=C(c1ccccc1)[C@H]1C[C@@H]1c1ccc(C(F)(F)F)cc1. The van der Waals surface area contributed by atoms with Crippen LogP contribution in [0, 0.1) is 5.92 Å². The number of halogens is 3. The van der Waals surface area contributed by atoms with Gasteiger partial charge in [0, 0.05) is 11.5 Å². The number of rotatable bonds is 3. The van der Waals surface area contributed by atoms with Crippen LogP contribution in [0.1, 0.15) is 33.8 Å². The van der Waals surface area contributed by atoms with E-state index in [2.05, 4.69) is 0 Å². The molecule has 0 amide bonds. The lowest BCUT2D eigenvalue weighted by molar-refractivity contribution is -0.137. The van der Waals surface area contributed by atoms with Gasteiger partial charge in [-0.1, -0.05) is 42.5 Å². The Morgan fingerprint density at radius 3 is 2.14 bits per heavy atom. The largest absolute Gasteiger partial charge is 0.416 e. The van der Waals surface area contributed by atoms with Gasteiger partial charge < -0.3 is 0 Å². The van der Waals surface area contributed by atoms with Crippen LogP contribution in [0.4, 0.5) is 13.2 Å². The number of benzene rings is 2. The number of hydrogen-bond donors (Lipinski definition) is 0. The van der Waals surface area contributed by atoms with Crippen molar-refractivity contribution in [3.63, 3.8) is 0 Å². The topological polar surface area (TPSA) is 17.1 Å². The number of ketones is 1. The fraction of sp³-hybridized carbons (Fsp3) is 0.235. The summed E-state index contributed by atoms with van der Waals surface area (Å²) in [6, 6.07) is 14.1. The zero-order chi connectivity index (χ0) is 15.0. The van der Waals surface area contributed by atoms with Crippen LogP contribution in [-0.2, 0) is 6.18 Å². The second-order valence-corrected chi connectivity index (χ2v) is 5.30. The second-order valence-electron chi connectivity index (χ2n) is 5.30. The van der Waals surface area contributed by atoms with E-state index in [-0.39, 0.29) is 17.6 Å². The minimum atomic E-state index is -4.32. The normalized spacial score (nSPS) is 21.1. The van der Waals surface area contributed by atoms with Gasteiger partial charge in [-0.25, -0.2) is 0 Å². The average molecular weight is 290 g/mol. The van der Waals surface area contributed by atoms with Gasteiger partial charge in [-0.3, -0.25) is 4.79 Å². The lowest BCUT2D eigenvalue weighted by Crippen LogP contribution is -2.05. The molecule has 1 nitrogen and oxygen atoms in total. The number of carbonyl (C=O) groups excluding carboxylic acids is 1. The summed E-state index contributed by atoms with van der Waals surface area (Å²) in [7, 11) is 0. The lowest BCUT2D eigenvalue weighted by atomic mass is 10.0. The van der Waals surface area contributed by atoms with Gasteiger partial charge in [0.2, 0.25) is 0 Å². The third kappa shape index (κ3) is 2.84. The summed E-state index contributed by atoms with van der Waals surface area (Å²) in [5.74, 6) is 0.00428. The van der Waals surface area contributed by atoms with E-state index in [1.165, 1.54) is 12.1 Å². The smallest absolute Gasteiger partial charge is 0.294 e. The van der Waals surface area contributed by atoms with Crippen molar-refractivity contribution in [2.24, 2.45) is 5.92 Å². The summed E-state index contributed by atoms with van der Waals surface area (Å²) in [6.45, 7) is 0. The Morgan fingerprint density at radius 1 is 0.952 bits per heavy atom. The van der Waals surface area contributed by atoms with Crippen LogP contribution in [-0.4, -0.2) is 5.78 Å². The summed E-state index contributed by atoms with van der Waals surface area (Å²) < 4.78 is 37.5. The molecule has 1 aliphatic rings. The molecule has 0 radical (unpaired) electrons. The Balaban J connectivity index is 1.72. The van der Waals surface area contributed by atoms with Gasteiger partial charge in [-0.15, -0.1) is 0 Å². The highest BCUT2D eigenvalue weighted by Crippen LogP contribution is 2.49. The van der Waals surface area contributed by atoms with Crippen LogP contribution in [0.2, 0.25) is 0 Å². The highest BCUT2D eigenvalue weighted by molar-refractivity contribution is 6.00. The van der Waals surface area contributed by atoms with Crippen LogP contribution in [0.25, 0.3) is 0 Å². The van der Waals surface area contributed by atoms with Crippen LogP contribution < -0.4 is 0 Å². The van der Waals surface area contributed by atoms with E-state index >= 15 is 0 Å². The molecular weight excluding hydrogens is 277 g/mol. The minimum Gasteiger partial charge on any atom is -0.294 e. The second kappa shape index (κ2) is 5.02. The van der Waals surface area contributed by atoms with Crippen molar-refractivity contribution in [1.82, 2.24) is 0 Å². The van der Waals surface area contributed by atoms with Gasteiger partial charge in [-0.2, -0.15) is 13.2 Å². The molecule has 4 heteroatoms. The van der Waals surface area contributed by atoms with E-state index in [0.717, 1.165) is 17.7 Å². The number of carbonyl (C=O) groups is 1. The molecule has 0 unspecified atom stereocenters. The third-order valence-corrected chi connectivity index (χ3v) is 3.85. The van der Waals surface area contributed by atoms with Crippen molar-refractivity contribution in [1.29, 1.82) is 0 Å². The maximum atomic E-state index is 12.5. The molecule has 2 aromatic carbocycles. The Hall–Kier alpha value is -2.10. The molecule has 0 saturated heterocycles. The van der Waals surface area contributed by atoms with Crippen LogP contribution in [0.5, 0.6) is 0 Å². The first-order chi connectivity index (χ1) is 9.97. The van der Waals surface area contributed by atoms with Crippen molar-refractivity contribution in [3.05, 3.63) is 71.3 Å². The fourth-order valence-electron chi connectivity index (χ4n) is 2.59. The van der Waals surface area contributed by atoms with Crippen LogP contribution in [0.3, 0.4) is 0 Å². The van der Waals surface area contributed by atoms with Crippen molar-refractivity contribution in [2.45, 2.75) is 18.5 Å². The quantitative estimate of drug-likeness (QED) is 0.749. The Bertz CT molecular complexity index is 644. The molecule has 1 aliphatic carbocycles. The molecule has 2 aromatic rings. The van der Waals surface area contributed by atoms with Gasteiger partial charge in [-0.05, 0) is 30.0 Å². The maximum Gasteiger partial charge on any atom is 0.416 e. The molecule has 21 heavy (non-hydrogen) atoms. The van der Waals surface area contributed by atoms with Gasteiger partial charge in [0.25, 0.3) is 0 Å². The molecule has 0 bridgehead atoms. The van der Waals surface area contributed by atoms with Crippen molar-refractivity contribution < 1.29 is 18.0 Å². The summed E-state index contributed by atoms with van der Waals surface area (Å²) in [6.07, 6.45) is -3.61. The highest BCUT2D eigenvalue weighted by Gasteiger charge is 2.44. The Labute approximate surface area is 120 Å². The predicted molar refractivity (Wildman–Crippen MR) is 73.1 cm³/mol. The summed E-state index contributed by atoms with van der Waals surface area (Å²) in [4.78, 5) is 12.2. The molecule has 0 N–H and O–H groups in total. The first-order valence-corrected chi connectivity index (χ1v) is 6.73. The molecule has 2 atom stereocenters. The molecule has 0 spiro atoms.